The van der Waals surface area contributed by atoms with E-state index in [1.165, 1.54) is 10.1 Å². The van der Waals surface area contributed by atoms with Gasteiger partial charge in [-0.15, -0.1) is 21.5 Å². The second kappa shape index (κ2) is 11.6. The van der Waals surface area contributed by atoms with Crippen molar-refractivity contribution in [1.82, 2.24) is 24.6 Å². The SMILES string of the molecule is CC.Cc1csc(C2CCCN2C(=O)c2cc(-c3nnc(C(C)Cc4ccccc4)o3)c(=O)n(C)c2)n1. The Morgan fingerprint density at radius 3 is 2.68 bits per heavy atom. The molecule has 5 rings (SSSR count). The Morgan fingerprint density at radius 1 is 1.22 bits per heavy atom. The number of rotatable bonds is 6. The lowest BCUT2D eigenvalue weighted by molar-refractivity contribution is 0.0734. The zero-order valence-corrected chi connectivity index (χ0v) is 22.8. The standard InChI is InChI=1S/C26H27N5O3S.C2H6/c1-16(12-18-8-5-4-6-9-18)22-28-29-23(34-22)20-13-19(14-30(3)26(20)33)25(32)31-11-7-10-21(31)24-27-17(2)15-35-24;1-2/h4-6,8-9,13-16,21H,7,10-12H2,1-3H3;1-2H3. The third kappa shape index (κ3) is 5.72. The molecule has 1 saturated heterocycles. The van der Waals surface area contributed by atoms with E-state index in [0.29, 0.717) is 18.0 Å². The summed E-state index contributed by atoms with van der Waals surface area (Å²) in [5.74, 6) is 0.443. The summed E-state index contributed by atoms with van der Waals surface area (Å²) in [5.41, 5.74) is 2.48. The minimum atomic E-state index is -0.291. The number of thiazole rings is 1. The van der Waals surface area contributed by atoms with Gasteiger partial charge in [0, 0.05) is 36.8 Å². The number of carbonyl (C=O) groups excluding carboxylic acids is 1. The summed E-state index contributed by atoms with van der Waals surface area (Å²) < 4.78 is 7.33. The highest BCUT2D eigenvalue weighted by Crippen LogP contribution is 2.35. The van der Waals surface area contributed by atoms with Crippen LogP contribution in [0.2, 0.25) is 0 Å². The van der Waals surface area contributed by atoms with E-state index in [1.807, 2.05) is 56.2 Å². The minimum absolute atomic E-state index is 0.0144. The van der Waals surface area contributed by atoms with Crippen molar-refractivity contribution >= 4 is 17.2 Å². The highest BCUT2D eigenvalue weighted by atomic mass is 32.1. The van der Waals surface area contributed by atoms with Crippen molar-refractivity contribution in [2.75, 3.05) is 6.54 Å². The van der Waals surface area contributed by atoms with Crippen LogP contribution in [0.4, 0.5) is 0 Å². The summed E-state index contributed by atoms with van der Waals surface area (Å²) in [6.07, 6.45) is 4.11. The van der Waals surface area contributed by atoms with Crippen LogP contribution < -0.4 is 5.56 Å². The third-order valence-electron chi connectivity index (χ3n) is 6.34. The highest BCUT2D eigenvalue weighted by Gasteiger charge is 2.33. The molecule has 1 fully saturated rings. The normalized spacial score (nSPS) is 15.8. The van der Waals surface area contributed by atoms with Gasteiger partial charge in [0.2, 0.25) is 5.89 Å². The van der Waals surface area contributed by atoms with E-state index in [2.05, 4.69) is 27.3 Å². The van der Waals surface area contributed by atoms with Gasteiger partial charge in [0.1, 0.15) is 10.6 Å². The van der Waals surface area contributed by atoms with Crippen molar-refractivity contribution in [3.8, 4) is 11.5 Å². The van der Waals surface area contributed by atoms with Crippen LogP contribution in [-0.4, -0.2) is 37.1 Å². The van der Waals surface area contributed by atoms with Gasteiger partial charge in [0.25, 0.3) is 17.4 Å². The molecule has 1 amide bonds. The molecule has 0 N–H and O–H groups in total. The Kier molecular flexibility index (Phi) is 8.33. The zero-order chi connectivity index (χ0) is 26.5. The van der Waals surface area contributed by atoms with Gasteiger partial charge in [0.15, 0.2) is 0 Å². The molecule has 3 aromatic heterocycles. The van der Waals surface area contributed by atoms with Crippen molar-refractivity contribution in [3.05, 3.63) is 86.0 Å². The number of pyridine rings is 1. The summed E-state index contributed by atoms with van der Waals surface area (Å²) in [6, 6.07) is 11.6. The van der Waals surface area contributed by atoms with Crippen molar-refractivity contribution < 1.29 is 9.21 Å². The van der Waals surface area contributed by atoms with Gasteiger partial charge in [-0.2, -0.15) is 0 Å². The Bertz CT molecular complexity index is 1410. The van der Waals surface area contributed by atoms with Crippen molar-refractivity contribution in [1.29, 1.82) is 0 Å². The number of likely N-dealkylation sites (tertiary alicyclic amines) is 1. The molecular formula is C28H33N5O3S. The second-order valence-electron chi connectivity index (χ2n) is 9.08. The molecule has 0 bridgehead atoms. The van der Waals surface area contributed by atoms with Crippen LogP contribution in [0.1, 0.15) is 78.1 Å². The Morgan fingerprint density at radius 2 is 1.97 bits per heavy atom. The number of hydrogen-bond acceptors (Lipinski definition) is 7. The van der Waals surface area contributed by atoms with E-state index in [4.69, 9.17) is 4.42 Å². The lowest BCUT2D eigenvalue weighted by atomic mass is 10.0. The average Bonchev–Trinajstić information content (AvgIpc) is 3.68. The molecule has 0 spiro atoms. The van der Waals surface area contributed by atoms with E-state index >= 15 is 0 Å². The number of aryl methyl sites for hydroxylation is 2. The maximum Gasteiger partial charge on any atom is 0.263 e. The molecule has 0 aliphatic carbocycles. The zero-order valence-electron chi connectivity index (χ0n) is 22.0. The fourth-order valence-electron chi connectivity index (χ4n) is 4.54. The molecule has 9 heteroatoms. The molecule has 37 heavy (non-hydrogen) atoms. The molecule has 0 radical (unpaired) electrons. The molecule has 4 aromatic rings. The summed E-state index contributed by atoms with van der Waals surface area (Å²) in [7, 11) is 1.63. The van der Waals surface area contributed by atoms with Gasteiger partial charge < -0.3 is 13.9 Å². The lowest BCUT2D eigenvalue weighted by Gasteiger charge is -2.23. The largest absolute Gasteiger partial charge is 0.420 e. The molecule has 1 aromatic carbocycles. The van der Waals surface area contributed by atoms with Crippen LogP contribution in [0.3, 0.4) is 0 Å². The van der Waals surface area contributed by atoms with E-state index < -0.39 is 0 Å². The topological polar surface area (TPSA) is 94.1 Å². The van der Waals surface area contributed by atoms with Gasteiger partial charge in [-0.05, 0) is 37.8 Å². The van der Waals surface area contributed by atoms with Gasteiger partial charge in [-0.3, -0.25) is 9.59 Å². The van der Waals surface area contributed by atoms with Crippen molar-refractivity contribution in [2.45, 2.75) is 58.9 Å². The highest BCUT2D eigenvalue weighted by molar-refractivity contribution is 7.09. The number of amides is 1. The second-order valence-corrected chi connectivity index (χ2v) is 9.97. The number of nitrogens with zero attached hydrogens (tertiary/aromatic N) is 5. The van der Waals surface area contributed by atoms with Crippen LogP contribution in [0, 0.1) is 6.92 Å². The smallest absolute Gasteiger partial charge is 0.263 e. The number of aromatic nitrogens is 4. The molecule has 4 heterocycles. The molecule has 1 aliphatic heterocycles. The maximum absolute atomic E-state index is 13.5. The predicted molar refractivity (Wildman–Crippen MR) is 145 cm³/mol. The number of hydrogen-bond donors (Lipinski definition) is 0. The summed E-state index contributed by atoms with van der Waals surface area (Å²) in [5, 5.41) is 11.3. The first kappa shape index (κ1) is 26.5. The molecule has 0 saturated carbocycles. The van der Waals surface area contributed by atoms with Crippen LogP contribution >= 0.6 is 11.3 Å². The molecule has 2 atom stereocenters. The summed E-state index contributed by atoms with van der Waals surface area (Å²) in [6.45, 7) is 8.62. The van der Waals surface area contributed by atoms with E-state index in [9.17, 15) is 9.59 Å². The molecular weight excluding hydrogens is 486 g/mol. The summed E-state index contributed by atoms with van der Waals surface area (Å²) >= 11 is 1.58. The van der Waals surface area contributed by atoms with Gasteiger partial charge >= 0.3 is 0 Å². The lowest BCUT2D eigenvalue weighted by Crippen LogP contribution is -2.32. The summed E-state index contributed by atoms with van der Waals surface area (Å²) in [4.78, 5) is 32.9. The predicted octanol–water partition coefficient (Wildman–Crippen LogP) is 5.55. The first-order chi connectivity index (χ1) is 17.9. The molecule has 2 unspecified atom stereocenters. The minimum Gasteiger partial charge on any atom is -0.420 e. The van der Waals surface area contributed by atoms with Gasteiger partial charge in [0.05, 0.1) is 11.6 Å². The number of carbonyl (C=O) groups is 1. The third-order valence-corrected chi connectivity index (χ3v) is 7.41. The van der Waals surface area contributed by atoms with Gasteiger partial charge in [-0.25, -0.2) is 4.98 Å². The Hall–Kier alpha value is -3.59. The first-order valence-corrected chi connectivity index (χ1v) is 13.6. The van der Waals surface area contributed by atoms with Crippen LogP contribution in [-0.2, 0) is 13.5 Å². The quantitative estimate of drug-likeness (QED) is 0.332. The Labute approximate surface area is 221 Å². The monoisotopic (exact) mass is 519 g/mol. The maximum atomic E-state index is 13.5. The average molecular weight is 520 g/mol. The Balaban J connectivity index is 0.00000156. The first-order valence-electron chi connectivity index (χ1n) is 12.7. The molecule has 194 valence electrons. The number of benzene rings is 1. The molecule has 1 aliphatic rings. The van der Waals surface area contributed by atoms with E-state index in [-0.39, 0.29) is 34.9 Å². The van der Waals surface area contributed by atoms with Crippen molar-refractivity contribution in [3.63, 3.8) is 0 Å². The van der Waals surface area contributed by atoms with E-state index in [0.717, 1.165) is 30.0 Å². The molecule has 8 nitrogen and oxygen atoms in total. The van der Waals surface area contributed by atoms with Crippen molar-refractivity contribution in [2.24, 2.45) is 7.05 Å². The van der Waals surface area contributed by atoms with E-state index in [1.54, 1.807) is 30.6 Å². The van der Waals surface area contributed by atoms with Crippen LogP contribution in [0.15, 0.2) is 57.2 Å². The van der Waals surface area contributed by atoms with Crippen LogP contribution in [0.25, 0.3) is 11.5 Å². The van der Waals surface area contributed by atoms with Crippen LogP contribution in [0.5, 0.6) is 0 Å². The fraction of sp³-hybridized carbons (Fsp3) is 0.393. The van der Waals surface area contributed by atoms with Gasteiger partial charge in [-0.1, -0.05) is 51.1 Å². The fourth-order valence-corrected chi connectivity index (χ4v) is 5.48.